The zero-order chi connectivity index (χ0) is 13.0. The number of anilines is 1. The molecule has 0 saturated heterocycles. The molecule has 2 unspecified atom stereocenters. The smallest absolute Gasteiger partial charge is 0.251 e. The fourth-order valence-corrected chi connectivity index (χ4v) is 3.28. The van der Waals surface area contributed by atoms with Gasteiger partial charge in [0, 0.05) is 22.5 Å². The first-order chi connectivity index (χ1) is 8.74. The highest BCUT2D eigenvalue weighted by molar-refractivity contribution is 7.99. The number of carbonyl (C=O) groups excluding carboxylic acids is 1. The molecule has 1 saturated carbocycles. The second-order valence-corrected chi connectivity index (χ2v) is 5.58. The predicted octanol–water partition coefficient (Wildman–Crippen LogP) is 1.99. The molecule has 2 atom stereocenters. The van der Waals surface area contributed by atoms with Crippen molar-refractivity contribution in [3.63, 3.8) is 0 Å². The van der Waals surface area contributed by atoms with Crippen molar-refractivity contribution in [1.29, 1.82) is 0 Å². The Labute approximate surface area is 112 Å². The molecule has 0 aromatic heterocycles. The van der Waals surface area contributed by atoms with Crippen LogP contribution >= 0.6 is 11.8 Å². The number of rotatable bonds is 4. The van der Waals surface area contributed by atoms with Crippen LogP contribution in [0, 0.1) is 0 Å². The van der Waals surface area contributed by atoms with E-state index in [1.807, 2.05) is 11.8 Å². The van der Waals surface area contributed by atoms with Crippen molar-refractivity contribution in [1.82, 2.24) is 5.32 Å². The van der Waals surface area contributed by atoms with E-state index in [0.29, 0.717) is 16.9 Å². The van der Waals surface area contributed by atoms with Gasteiger partial charge in [-0.25, -0.2) is 0 Å². The maximum absolute atomic E-state index is 12.1. The van der Waals surface area contributed by atoms with Gasteiger partial charge in [0.25, 0.3) is 5.91 Å². The summed E-state index contributed by atoms with van der Waals surface area (Å²) >= 11 is 1.84. The zero-order valence-electron chi connectivity index (χ0n) is 10.5. The molecule has 5 heteroatoms. The number of hydrogen-bond acceptors (Lipinski definition) is 4. The summed E-state index contributed by atoms with van der Waals surface area (Å²) in [6.07, 6.45) is 5.59. The summed E-state index contributed by atoms with van der Waals surface area (Å²) in [6.45, 7) is 0. The lowest BCUT2D eigenvalue weighted by Gasteiger charge is -2.19. The van der Waals surface area contributed by atoms with E-state index in [1.54, 1.807) is 24.3 Å². The average Bonchev–Trinajstić information content (AvgIpc) is 2.86. The molecule has 98 valence electrons. The van der Waals surface area contributed by atoms with E-state index in [4.69, 9.17) is 5.84 Å². The molecule has 4 N–H and O–H groups in total. The number of thioether (sulfide) groups is 1. The van der Waals surface area contributed by atoms with Crippen molar-refractivity contribution in [2.45, 2.75) is 30.6 Å². The molecule has 1 fully saturated rings. The fraction of sp³-hybridized carbons (Fsp3) is 0.462. The Morgan fingerprint density at radius 3 is 2.67 bits per heavy atom. The number of carbonyl (C=O) groups is 1. The van der Waals surface area contributed by atoms with E-state index in [1.165, 1.54) is 12.8 Å². The van der Waals surface area contributed by atoms with Crippen LogP contribution < -0.4 is 16.6 Å². The van der Waals surface area contributed by atoms with Crippen LogP contribution in [0.15, 0.2) is 24.3 Å². The first-order valence-corrected chi connectivity index (χ1v) is 7.43. The van der Waals surface area contributed by atoms with E-state index in [2.05, 4.69) is 17.0 Å². The Balaban J connectivity index is 1.98. The van der Waals surface area contributed by atoms with Gasteiger partial charge >= 0.3 is 0 Å². The molecule has 1 amide bonds. The van der Waals surface area contributed by atoms with Gasteiger partial charge in [-0.15, -0.1) is 0 Å². The summed E-state index contributed by atoms with van der Waals surface area (Å²) in [4.78, 5) is 12.1. The van der Waals surface area contributed by atoms with Crippen LogP contribution in [0.2, 0.25) is 0 Å². The van der Waals surface area contributed by atoms with Gasteiger partial charge in [0.2, 0.25) is 0 Å². The molecule has 0 radical (unpaired) electrons. The first kappa shape index (κ1) is 13.2. The molecule has 0 heterocycles. The minimum atomic E-state index is 0.00419. The molecule has 2 rings (SSSR count). The van der Waals surface area contributed by atoms with E-state index in [9.17, 15) is 4.79 Å². The van der Waals surface area contributed by atoms with Crippen molar-refractivity contribution in [3.8, 4) is 0 Å². The highest BCUT2D eigenvalue weighted by Gasteiger charge is 2.27. The fourth-order valence-electron chi connectivity index (χ4n) is 2.34. The number of nitrogen functional groups attached to an aromatic ring is 1. The SMILES string of the molecule is CSC1CCCC1NC(=O)c1ccc(NN)cc1. The van der Waals surface area contributed by atoms with E-state index >= 15 is 0 Å². The monoisotopic (exact) mass is 265 g/mol. The zero-order valence-corrected chi connectivity index (χ0v) is 11.3. The minimum absolute atomic E-state index is 0.00419. The summed E-state index contributed by atoms with van der Waals surface area (Å²) in [5, 5.41) is 3.68. The largest absolute Gasteiger partial charge is 0.348 e. The molecule has 18 heavy (non-hydrogen) atoms. The lowest BCUT2D eigenvalue weighted by atomic mass is 10.1. The van der Waals surface area contributed by atoms with Gasteiger partial charge in [-0.3, -0.25) is 10.6 Å². The third-order valence-corrected chi connectivity index (χ3v) is 4.56. The van der Waals surface area contributed by atoms with Crippen LogP contribution in [0.1, 0.15) is 29.6 Å². The number of nitrogens with two attached hydrogens (primary N) is 1. The van der Waals surface area contributed by atoms with Gasteiger partial charge in [-0.1, -0.05) is 6.42 Å². The Bertz CT molecular complexity index is 407. The van der Waals surface area contributed by atoms with Gasteiger partial charge in [-0.2, -0.15) is 11.8 Å². The summed E-state index contributed by atoms with van der Waals surface area (Å²) in [5.74, 6) is 5.30. The molecular weight excluding hydrogens is 246 g/mol. The van der Waals surface area contributed by atoms with Crippen molar-refractivity contribution in [2.24, 2.45) is 5.84 Å². The van der Waals surface area contributed by atoms with Crippen molar-refractivity contribution in [2.75, 3.05) is 11.7 Å². The van der Waals surface area contributed by atoms with Crippen LogP contribution in [0.3, 0.4) is 0 Å². The van der Waals surface area contributed by atoms with Crippen molar-refractivity contribution >= 4 is 23.4 Å². The number of hydrazine groups is 1. The van der Waals surface area contributed by atoms with E-state index in [-0.39, 0.29) is 5.91 Å². The number of benzene rings is 1. The lowest BCUT2D eigenvalue weighted by Crippen LogP contribution is -2.38. The van der Waals surface area contributed by atoms with Crippen LogP contribution in [0.25, 0.3) is 0 Å². The van der Waals surface area contributed by atoms with Gasteiger partial charge in [0.05, 0.1) is 0 Å². The van der Waals surface area contributed by atoms with Gasteiger partial charge in [0.1, 0.15) is 0 Å². The molecule has 1 aromatic rings. The van der Waals surface area contributed by atoms with Crippen LogP contribution in [0.5, 0.6) is 0 Å². The average molecular weight is 265 g/mol. The summed E-state index contributed by atoms with van der Waals surface area (Å²) in [5.41, 5.74) is 4.03. The normalized spacial score (nSPS) is 22.8. The quantitative estimate of drug-likeness (QED) is 0.575. The van der Waals surface area contributed by atoms with E-state index < -0.39 is 0 Å². The number of hydrogen-bond donors (Lipinski definition) is 3. The highest BCUT2D eigenvalue weighted by Crippen LogP contribution is 2.28. The highest BCUT2D eigenvalue weighted by atomic mass is 32.2. The topological polar surface area (TPSA) is 67.2 Å². The molecule has 1 aromatic carbocycles. The lowest BCUT2D eigenvalue weighted by molar-refractivity contribution is 0.0938. The number of nitrogens with one attached hydrogen (secondary N) is 2. The second kappa shape index (κ2) is 6.11. The molecule has 0 bridgehead atoms. The molecule has 1 aliphatic rings. The van der Waals surface area contributed by atoms with Crippen LogP contribution in [0.4, 0.5) is 5.69 Å². The molecule has 0 spiro atoms. The third kappa shape index (κ3) is 2.97. The Morgan fingerprint density at radius 2 is 2.06 bits per heavy atom. The Hall–Kier alpha value is -1.20. The van der Waals surface area contributed by atoms with Gasteiger partial charge in [0.15, 0.2) is 0 Å². The van der Waals surface area contributed by atoms with Gasteiger partial charge in [-0.05, 0) is 43.4 Å². The second-order valence-electron chi connectivity index (χ2n) is 4.51. The van der Waals surface area contributed by atoms with Gasteiger partial charge < -0.3 is 10.7 Å². The number of amides is 1. The summed E-state index contributed by atoms with van der Waals surface area (Å²) < 4.78 is 0. The minimum Gasteiger partial charge on any atom is -0.348 e. The maximum atomic E-state index is 12.1. The first-order valence-electron chi connectivity index (χ1n) is 6.15. The van der Waals surface area contributed by atoms with Crippen molar-refractivity contribution < 1.29 is 4.79 Å². The van der Waals surface area contributed by atoms with Crippen LogP contribution in [-0.2, 0) is 0 Å². The maximum Gasteiger partial charge on any atom is 0.251 e. The molecular formula is C13H19N3OS. The van der Waals surface area contributed by atoms with E-state index in [0.717, 1.165) is 12.1 Å². The molecule has 1 aliphatic carbocycles. The van der Waals surface area contributed by atoms with Crippen molar-refractivity contribution in [3.05, 3.63) is 29.8 Å². The Morgan fingerprint density at radius 1 is 1.33 bits per heavy atom. The third-order valence-electron chi connectivity index (χ3n) is 3.39. The Kier molecular flexibility index (Phi) is 4.49. The predicted molar refractivity (Wildman–Crippen MR) is 76.7 cm³/mol. The van der Waals surface area contributed by atoms with Crippen LogP contribution in [-0.4, -0.2) is 23.5 Å². The standard InChI is InChI=1S/C13H19N3OS/c1-18-12-4-2-3-11(12)15-13(17)9-5-7-10(16-14)8-6-9/h5-8,11-12,16H,2-4,14H2,1H3,(H,15,17). The summed E-state index contributed by atoms with van der Waals surface area (Å²) in [6, 6.07) is 7.48. The molecule has 0 aliphatic heterocycles. The summed E-state index contributed by atoms with van der Waals surface area (Å²) in [7, 11) is 0. The molecule has 4 nitrogen and oxygen atoms in total.